The van der Waals surface area contributed by atoms with Gasteiger partial charge in [0.05, 0.1) is 5.38 Å². The Morgan fingerprint density at radius 1 is 1.11 bits per heavy atom. The van der Waals surface area contributed by atoms with Crippen molar-refractivity contribution in [2.24, 2.45) is 11.3 Å². The first-order valence-corrected chi connectivity index (χ1v) is 7.38. The fourth-order valence-electron chi connectivity index (χ4n) is 3.43. The van der Waals surface area contributed by atoms with Crippen LogP contribution in [0.3, 0.4) is 0 Å². The topological polar surface area (TPSA) is 0 Å². The van der Waals surface area contributed by atoms with Gasteiger partial charge >= 0.3 is 0 Å². The molecule has 2 aliphatic carbocycles. The van der Waals surface area contributed by atoms with E-state index in [1.807, 2.05) is 0 Å². The highest BCUT2D eigenvalue weighted by atomic mass is 35.5. The minimum absolute atomic E-state index is 0.237. The molecule has 1 heteroatoms. The number of hydrogen-bond acceptors (Lipinski definition) is 0. The lowest BCUT2D eigenvalue weighted by atomic mass is 9.75. The van der Waals surface area contributed by atoms with Crippen LogP contribution in [-0.2, 0) is 0 Å². The summed E-state index contributed by atoms with van der Waals surface area (Å²) in [6, 6.07) is 10.9. The number of halogens is 1. The largest absolute Gasteiger partial charge is 0.118 e. The van der Waals surface area contributed by atoms with E-state index < -0.39 is 0 Å². The highest BCUT2D eigenvalue weighted by molar-refractivity contribution is 6.21. The highest BCUT2D eigenvalue weighted by Gasteiger charge is 2.43. The number of alkyl halides is 1. The minimum atomic E-state index is 0.237. The van der Waals surface area contributed by atoms with E-state index in [0.29, 0.717) is 5.41 Å². The number of allylic oxidation sites excluding steroid dienone is 2. The lowest BCUT2D eigenvalue weighted by Crippen LogP contribution is -2.22. The molecule has 0 heterocycles. The molecular formula is C17H21Cl. The van der Waals surface area contributed by atoms with Crippen molar-refractivity contribution in [3.05, 3.63) is 47.5 Å². The molecule has 0 aromatic heterocycles. The van der Waals surface area contributed by atoms with E-state index in [1.165, 1.54) is 18.4 Å². The molecule has 0 saturated heterocycles. The Bertz CT molecular complexity index is 458. The third kappa shape index (κ3) is 2.49. The van der Waals surface area contributed by atoms with Gasteiger partial charge in [0.2, 0.25) is 0 Å². The second kappa shape index (κ2) is 4.42. The third-order valence-electron chi connectivity index (χ3n) is 4.32. The standard InChI is InChI=1S/C17H21Cl/c1-17(2)10-13(8-14(18)11-17)16-9-15(16)12-6-4-3-5-7-12/h3-8,14-16H,9-11H2,1-2H3. The van der Waals surface area contributed by atoms with E-state index in [1.54, 1.807) is 5.57 Å². The first-order chi connectivity index (χ1) is 8.55. The zero-order valence-electron chi connectivity index (χ0n) is 11.2. The quantitative estimate of drug-likeness (QED) is 0.510. The summed E-state index contributed by atoms with van der Waals surface area (Å²) in [6.45, 7) is 4.69. The van der Waals surface area contributed by atoms with Gasteiger partial charge in [0, 0.05) is 0 Å². The van der Waals surface area contributed by atoms with Crippen LogP contribution < -0.4 is 0 Å². The Balaban J connectivity index is 1.75. The maximum absolute atomic E-state index is 6.39. The normalized spacial score (nSPS) is 33.9. The first-order valence-electron chi connectivity index (χ1n) is 6.95. The van der Waals surface area contributed by atoms with Crippen molar-refractivity contribution in [2.75, 3.05) is 0 Å². The number of benzene rings is 1. The molecule has 0 bridgehead atoms. The van der Waals surface area contributed by atoms with Crippen molar-refractivity contribution >= 4 is 11.6 Å². The molecular weight excluding hydrogens is 240 g/mol. The zero-order valence-corrected chi connectivity index (χ0v) is 12.0. The van der Waals surface area contributed by atoms with Crippen LogP contribution in [0.5, 0.6) is 0 Å². The lowest BCUT2D eigenvalue weighted by molar-refractivity contribution is 0.316. The van der Waals surface area contributed by atoms with Gasteiger partial charge in [-0.2, -0.15) is 0 Å². The third-order valence-corrected chi connectivity index (χ3v) is 4.60. The summed E-state index contributed by atoms with van der Waals surface area (Å²) in [7, 11) is 0. The monoisotopic (exact) mass is 260 g/mol. The molecule has 3 rings (SSSR count). The van der Waals surface area contributed by atoms with Gasteiger partial charge in [0.25, 0.3) is 0 Å². The summed E-state index contributed by atoms with van der Waals surface area (Å²) < 4.78 is 0. The second-order valence-corrected chi connectivity index (χ2v) is 7.22. The van der Waals surface area contributed by atoms with Gasteiger partial charge in [-0.3, -0.25) is 0 Å². The van der Waals surface area contributed by atoms with Gasteiger partial charge in [-0.1, -0.05) is 55.8 Å². The Morgan fingerprint density at radius 3 is 2.50 bits per heavy atom. The van der Waals surface area contributed by atoms with Crippen LogP contribution in [0.1, 0.15) is 44.6 Å². The molecule has 2 aliphatic rings. The van der Waals surface area contributed by atoms with Crippen molar-refractivity contribution in [1.82, 2.24) is 0 Å². The fraction of sp³-hybridized carbons (Fsp3) is 0.529. The Kier molecular flexibility index (Phi) is 3.02. The van der Waals surface area contributed by atoms with Gasteiger partial charge < -0.3 is 0 Å². The average Bonchev–Trinajstić information content (AvgIpc) is 3.07. The highest BCUT2D eigenvalue weighted by Crippen LogP contribution is 2.55. The van der Waals surface area contributed by atoms with E-state index in [0.717, 1.165) is 18.3 Å². The Hall–Kier alpha value is -0.750. The molecule has 3 unspecified atom stereocenters. The van der Waals surface area contributed by atoms with Gasteiger partial charge in [-0.15, -0.1) is 11.6 Å². The van der Waals surface area contributed by atoms with E-state index in [-0.39, 0.29) is 5.38 Å². The van der Waals surface area contributed by atoms with Crippen molar-refractivity contribution in [1.29, 1.82) is 0 Å². The van der Waals surface area contributed by atoms with Crippen LogP contribution in [-0.4, -0.2) is 5.38 Å². The van der Waals surface area contributed by atoms with E-state index in [2.05, 4.69) is 50.3 Å². The van der Waals surface area contributed by atoms with Crippen molar-refractivity contribution in [3.8, 4) is 0 Å². The second-order valence-electron chi connectivity index (χ2n) is 6.66. The smallest absolute Gasteiger partial charge is 0.0523 e. The summed E-state index contributed by atoms with van der Waals surface area (Å²) in [6.07, 6.45) is 5.99. The SMILES string of the molecule is CC1(C)CC(C2CC2c2ccccc2)=CC(Cl)C1. The van der Waals surface area contributed by atoms with E-state index in [9.17, 15) is 0 Å². The lowest BCUT2D eigenvalue weighted by Gasteiger charge is -2.32. The van der Waals surface area contributed by atoms with Crippen LogP contribution in [0, 0.1) is 11.3 Å². The van der Waals surface area contributed by atoms with Crippen molar-refractivity contribution < 1.29 is 0 Å². The van der Waals surface area contributed by atoms with Crippen molar-refractivity contribution in [3.63, 3.8) is 0 Å². The molecule has 96 valence electrons. The number of hydrogen-bond donors (Lipinski definition) is 0. The summed E-state index contributed by atoms with van der Waals surface area (Å²) in [5.74, 6) is 1.50. The molecule has 0 amide bonds. The molecule has 0 nitrogen and oxygen atoms in total. The van der Waals surface area contributed by atoms with Crippen LogP contribution in [0.25, 0.3) is 0 Å². The van der Waals surface area contributed by atoms with Crippen LogP contribution >= 0.6 is 11.6 Å². The predicted octanol–water partition coefficient (Wildman–Crippen LogP) is 5.14. The van der Waals surface area contributed by atoms with Crippen molar-refractivity contribution in [2.45, 2.75) is 44.4 Å². The van der Waals surface area contributed by atoms with E-state index in [4.69, 9.17) is 11.6 Å². The van der Waals surface area contributed by atoms with Gasteiger partial charge in [0.1, 0.15) is 0 Å². The minimum Gasteiger partial charge on any atom is -0.118 e. The molecule has 1 aromatic rings. The zero-order chi connectivity index (χ0) is 12.8. The molecule has 3 atom stereocenters. The van der Waals surface area contributed by atoms with Gasteiger partial charge in [-0.25, -0.2) is 0 Å². The molecule has 1 aromatic carbocycles. The number of rotatable bonds is 2. The molecule has 18 heavy (non-hydrogen) atoms. The predicted molar refractivity (Wildman–Crippen MR) is 78.0 cm³/mol. The molecule has 0 spiro atoms. The van der Waals surface area contributed by atoms with Crippen LogP contribution in [0.4, 0.5) is 0 Å². The van der Waals surface area contributed by atoms with Crippen LogP contribution in [0.15, 0.2) is 42.0 Å². The summed E-state index contributed by atoms with van der Waals surface area (Å²) in [5.41, 5.74) is 3.48. The first kappa shape index (κ1) is 12.3. The average molecular weight is 261 g/mol. The fourth-order valence-corrected chi connectivity index (χ4v) is 4.01. The maximum Gasteiger partial charge on any atom is 0.0523 e. The maximum atomic E-state index is 6.39. The molecule has 0 aliphatic heterocycles. The summed E-state index contributed by atoms with van der Waals surface area (Å²) in [5, 5.41) is 0.237. The van der Waals surface area contributed by atoms with Gasteiger partial charge in [-0.05, 0) is 42.1 Å². The molecule has 1 fully saturated rings. The van der Waals surface area contributed by atoms with E-state index >= 15 is 0 Å². The Labute approximate surface area is 115 Å². The van der Waals surface area contributed by atoms with Gasteiger partial charge in [0.15, 0.2) is 0 Å². The summed E-state index contributed by atoms with van der Waals surface area (Å²) >= 11 is 6.39. The Morgan fingerprint density at radius 2 is 1.83 bits per heavy atom. The molecule has 0 N–H and O–H groups in total. The summed E-state index contributed by atoms with van der Waals surface area (Å²) in [4.78, 5) is 0. The molecule has 0 radical (unpaired) electrons. The van der Waals surface area contributed by atoms with Crippen LogP contribution in [0.2, 0.25) is 0 Å². The molecule has 1 saturated carbocycles.